The van der Waals surface area contributed by atoms with Crippen molar-refractivity contribution in [2.75, 3.05) is 55.0 Å². The molecule has 16 heteroatoms. The smallest absolute Gasteiger partial charge is 0.337 e. The number of H-pyrrole nitrogens is 2. The van der Waals surface area contributed by atoms with Crippen LogP contribution in [0, 0.1) is 6.92 Å². The Bertz CT molecular complexity index is 2080. The summed E-state index contributed by atoms with van der Waals surface area (Å²) >= 11 is 0. The zero-order valence-electron chi connectivity index (χ0n) is 29.7. The Morgan fingerprint density at radius 1 is 0.673 bits per heavy atom. The highest BCUT2D eigenvalue weighted by atomic mass is 16.5. The summed E-state index contributed by atoms with van der Waals surface area (Å²) in [6, 6.07) is 18.9. The van der Waals surface area contributed by atoms with Gasteiger partial charge in [0, 0.05) is 44.9 Å². The van der Waals surface area contributed by atoms with Gasteiger partial charge in [0.25, 0.3) is 0 Å². The Morgan fingerprint density at radius 3 is 1.79 bits per heavy atom. The molecule has 1 aromatic heterocycles. The number of urea groups is 2. The quantitative estimate of drug-likeness (QED) is 0.0543. The summed E-state index contributed by atoms with van der Waals surface area (Å²) in [5, 5.41) is 13.3. The van der Waals surface area contributed by atoms with Crippen LogP contribution >= 0.6 is 0 Å². The predicted molar refractivity (Wildman–Crippen MR) is 215 cm³/mol. The molecular weight excluding hydrogens is 674 g/mol. The van der Waals surface area contributed by atoms with E-state index < -0.39 is 18.0 Å². The number of hydrogen-bond donors (Lipinski definition) is 7. The molecule has 5 rings (SSSR count). The van der Waals surface area contributed by atoms with E-state index in [9.17, 15) is 24.0 Å². The topological polar surface area (TPSA) is 214 Å². The Balaban J connectivity index is -0.000000284. The van der Waals surface area contributed by atoms with E-state index in [2.05, 4.69) is 41.3 Å². The predicted octanol–water partition coefficient (Wildman–Crippen LogP) is 8.27. The van der Waals surface area contributed by atoms with Gasteiger partial charge < -0.3 is 55.5 Å². The number of esters is 1. The van der Waals surface area contributed by atoms with Crippen molar-refractivity contribution < 1.29 is 48.1 Å². The van der Waals surface area contributed by atoms with Crippen molar-refractivity contribution in [3.05, 3.63) is 94.4 Å². The number of imidazole rings is 1. The highest BCUT2D eigenvalue weighted by Crippen LogP contribution is 2.40. The molecule has 52 heavy (non-hydrogen) atoms. The fourth-order valence-electron chi connectivity index (χ4n) is 4.66. The Morgan fingerprint density at radius 2 is 1.23 bits per heavy atom. The van der Waals surface area contributed by atoms with Gasteiger partial charge in [-0.15, -0.1) is 0 Å². The molecule has 5 amide bonds. The van der Waals surface area contributed by atoms with Crippen molar-refractivity contribution in [3.8, 4) is 17.2 Å². The number of fused-ring (bicyclic) bond motifs is 1. The van der Waals surface area contributed by atoms with Gasteiger partial charge >= 0.3 is 23.7 Å². The highest BCUT2D eigenvalue weighted by Gasteiger charge is 2.15. The lowest BCUT2D eigenvalue weighted by Crippen LogP contribution is -2.19. The first-order chi connectivity index (χ1) is 25.1. The number of anilines is 5. The van der Waals surface area contributed by atoms with Crippen LogP contribution in [-0.4, -0.2) is 62.8 Å². The maximum atomic E-state index is 12.3. The number of aromatic nitrogens is 2. The molecule has 0 radical (unpaired) electrons. The third kappa shape index (κ3) is 10.8. The van der Waals surface area contributed by atoms with E-state index in [0.29, 0.717) is 68.7 Å². The minimum atomic E-state index is -0.485. The van der Waals surface area contributed by atoms with Gasteiger partial charge in [0.2, 0.25) is 12.2 Å². The van der Waals surface area contributed by atoms with Crippen LogP contribution < -0.4 is 46.5 Å². The number of aromatic amines is 2. The van der Waals surface area contributed by atoms with Gasteiger partial charge in [-0.05, 0) is 67.1 Å². The maximum absolute atomic E-state index is 12.3. The third-order valence-corrected chi connectivity index (χ3v) is 6.94. The minimum absolute atomic E-state index is 0. The van der Waals surface area contributed by atoms with Crippen LogP contribution in [-0.2, 0) is 9.53 Å². The summed E-state index contributed by atoms with van der Waals surface area (Å²) < 4.78 is 20.4. The van der Waals surface area contributed by atoms with Gasteiger partial charge in [-0.25, -0.2) is 19.2 Å². The largest absolute Gasteiger partial charge is 0.493 e. The molecule has 0 saturated carbocycles. The van der Waals surface area contributed by atoms with Gasteiger partial charge in [-0.3, -0.25) is 4.79 Å². The van der Waals surface area contributed by atoms with E-state index in [4.69, 9.17) is 14.2 Å². The van der Waals surface area contributed by atoms with E-state index >= 15 is 0 Å². The monoisotopic (exact) mass is 729 g/mol. The van der Waals surface area contributed by atoms with E-state index in [1.165, 1.54) is 34.5 Å². The number of aryl methyl sites for hydroxylation is 1. The average Bonchev–Trinajstić information content (AvgIpc) is 3.52. The molecule has 16 nitrogen and oxygen atoms in total. The lowest BCUT2D eigenvalue weighted by Gasteiger charge is -2.15. The number of carbonyl (C=O) groups excluding carboxylic acids is 4. The zero-order chi connectivity index (χ0) is 38.2. The molecule has 0 spiro atoms. The van der Waals surface area contributed by atoms with Crippen molar-refractivity contribution in [1.29, 1.82) is 0 Å². The lowest BCUT2D eigenvalue weighted by molar-refractivity contribution is -0.105. The molecule has 5 aromatic rings. The van der Waals surface area contributed by atoms with Crippen molar-refractivity contribution >= 4 is 63.9 Å². The van der Waals surface area contributed by atoms with E-state index in [0.717, 1.165) is 5.56 Å². The Kier molecular flexibility index (Phi) is 14.6. The fraction of sp³-hybridized carbons (Fsp3) is 0.194. The van der Waals surface area contributed by atoms with Crippen molar-refractivity contribution in [2.45, 2.75) is 20.8 Å². The number of benzene rings is 4. The second-order valence-corrected chi connectivity index (χ2v) is 10.3. The number of rotatable bonds is 10. The molecule has 0 unspecified atom stereocenters. The number of nitrogens with one attached hydrogen (secondary N) is 7. The number of ether oxygens (including phenoxy) is 4. The standard InChI is InChI=1S/C18H21N3O5.C16H14N4O4.C2H6.7H2/c1-11-7-12(5-6-14(11)19-10-22)20-18(23)21-13-8-15(24-2)17(26-4)16(9-13)25-3;1-24-14(21)9-3-2-4-10(7-9)17-15(22)18-11-5-6-12-13(8-11)20-16(23)19-12;1-2;;;;;;;/h5-10H,1-4H3,(H,19,22)(H2,20,21,23);2-8H,1H3,(H2,17,18,22)(H2,19,20,23);1-2H3;7*1H. The second kappa shape index (κ2) is 19.3. The minimum Gasteiger partial charge on any atom is -0.493 e. The molecule has 0 aliphatic carbocycles. The normalized spacial score (nSPS) is 9.83. The van der Waals surface area contributed by atoms with Gasteiger partial charge in [-0.1, -0.05) is 19.9 Å². The number of methoxy groups -OCH3 is 4. The molecule has 0 saturated heterocycles. The molecule has 4 aromatic carbocycles. The number of hydrogen-bond acceptors (Lipinski definition) is 9. The molecule has 0 aliphatic rings. The second-order valence-electron chi connectivity index (χ2n) is 10.3. The van der Waals surface area contributed by atoms with Crippen LogP contribution in [0.2, 0.25) is 0 Å². The summed E-state index contributed by atoms with van der Waals surface area (Å²) in [6.07, 6.45) is 0.604. The van der Waals surface area contributed by atoms with Crippen molar-refractivity contribution in [2.24, 2.45) is 0 Å². The Hall–Kier alpha value is -6.97. The van der Waals surface area contributed by atoms with Gasteiger partial charge in [0.05, 0.1) is 50.7 Å². The molecule has 0 bridgehead atoms. The van der Waals surface area contributed by atoms with Gasteiger partial charge in [-0.2, -0.15) is 0 Å². The first kappa shape index (κ1) is 39.5. The van der Waals surface area contributed by atoms with E-state index in [1.54, 1.807) is 66.7 Å². The highest BCUT2D eigenvalue weighted by molar-refractivity contribution is 6.02. The van der Waals surface area contributed by atoms with Crippen LogP contribution in [0.4, 0.5) is 38.0 Å². The number of amides is 5. The van der Waals surface area contributed by atoms with Crippen LogP contribution in [0.5, 0.6) is 17.2 Å². The summed E-state index contributed by atoms with van der Waals surface area (Å²) in [5.74, 6) is 0.820. The van der Waals surface area contributed by atoms with E-state index in [-0.39, 0.29) is 15.7 Å². The van der Waals surface area contributed by atoms with Crippen molar-refractivity contribution in [3.63, 3.8) is 0 Å². The van der Waals surface area contributed by atoms with Crippen LogP contribution in [0.3, 0.4) is 0 Å². The zero-order valence-corrected chi connectivity index (χ0v) is 29.7. The first-order valence-electron chi connectivity index (χ1n) is 15.7. The summed E-state index contributed by atoms with van der Waals surface area (Å²) in [4.78, 5) is 62.8. The molecule has 0 aliphatic heterocycles. The maximum Gasteiger partial charge on any atom is 0.337 e. The molecule has 1 heterocycles. The van der Waals surface area contributed by atoms with Crippen LogP contribution in [0.15, 0.2) is 77.6 Å². The van der Waals surface area contributed by atoms with Crippen LogP contribution in [0.25, 0.3) is 11.0 Å². The third-order valence-electron chi connectivity index (χ3n) is 6.94. The fourth-order valence-corrected chi connectivity index (χ4v) is 4.66. The molecule has 0 atom stereocenters. The van der Waals surface area contributed by atoms with Crippen LogP contribution in [0.1, 0.15) is 39.8 Å². The number of carbonyl (C=O) groups is 4. The Labute approximate surface area is 309 Å². The van der Waals surface area contributed by atoms with Gasteiger partial charge in [0.1, 0.15) is 0 Å². The van der Waals surface area contributed by atoms with Crippen molar-refractivity contribution in [1.82, 2.24) is 9.97 Å². The van der Waals surface area contributed by atoms with E-state index in [1.807, 2.05) is 20.8 Å². The molecular formula is C36H55N7O9. The van der Waals surface area contributed by atoms with Gasteiger partial charge in [0.15, 0.2) is 11.5 Å². The lowest BCUT2D eigenvalue weighted by atomic mass is 10.2. The summed E-state index contributed by atoms with van der Waals surface area (Å²) in [7, 11) is 5.79. The first-order valence-corrected chi connectivity index (χ1v) is 15.7. The molecule has 7 N–H and O–H groups in total. The molecule has 0 fully saturated rings. The summed E-state index contributed by atoms with van der Waals surface area (Å²) in [5.41, 5.74) is 4.79. The molecule has 288 valence electrons. The average molecular weight is 730 g/mol. The SMILES string of the molecule is CC.COC(=O)c1cccc(NC(=O)Nc2ccc3[nH]c(=O)[nH]c3c2)c1.COc1cc(NC(=O)Nc2ccc(NC=O)c(C)c2)cc(OC)c1OC.[HH].[HH].[HH].[HH].[HH].[HH].[HH]. The summed E-state index contributed by atoms with van der Waals surface area (Å²) in [6.45, 7) is 5.83.